The van der Waals surface area contributed by atoms with Crippen molar-refractivity contribution in [2.24, 2.45) is 0 Å². The SMILES string of the molecule is BrCCOCCOCCOCCNBr. The molecule has 0 aliphatic carbocycles. The molecule has 0 aromatic carbocycles. The largest absolute Gasteiger partial charge is 0.378 e. The molecule has 0 aromatic heterocycles. The van der Waals surface area contributed by atoms with Crippen molar-refractivity contribution in [1.82, 2.24) is 4.34 Å². The van der Waals surface area contributed by atoms with Crippen LogP contribution in [0, 0.1) is 0 Å². The van der Waals surface area contributed by atoms with E-state index in [9.17, 15) is 0 Å². The Morgan fingerprint density at radius 3 is 1.79 bits per heavy atom. The minimum Gasteiger partial charge on any atom is -0.378 e. The first kappa shape index (κ1) is 14.8. The van der Waals surface area contributed by atoms with Crippen LogP contribution in [-0.2, 0) is 14.2 Å². The van der Waals surface area contributed by atoms with E-state index in [0.717, 1.165) is 18.5 Å². The third kappa shape index (κ3) is 12.8. The van der Waals surface area contributed by atoms with Crippen LogP contribution in [0.1, 0.15) is 0 Å². The molecule has 1 N–H and O–H groups in total. The van der Waals surface area contributed by atoms with Gasteiger partial charge in [-0.05, 0) is 0 Å². The van der Waals surface area contributed by atoms with Gasteiger partial charge in [0, 0.05) is 28.0 Å². The maximum atomic E-state index is 5.26. The van der Waals surface area contributed by atoms with Gasteiger partial charge in [0.15, 0.2) is 0 Å². The Balaban J connectivity index is 2.78. The predicted molar refractivity (Wildman–Crippen MR) is 63.2 cm³/mol. The summed E-state index contributed by atoms with van der Waals surface area (Å²) in [7, 11) is 0. The zero-order valence-electron chi connectivity index (χ0n) is 8.14. The van der Waals surface area contributed by atoms with Crippen LogP contribution in [0.3, 0.4) is 0 Å². The van der Waals surface area contributed by atoms with Crippen LogP contribution in [0.4, 0.5) is 0 Å². The van der Waals surface area contributed by atoms with E-state index in [2.05, 4.69) is 36.4 Å². The monoisotopic (exact) mass is 333 g/mol. The second-order valence-electron chi connectivity index (χ2n) is 2.41. The van der Waals surface area contributed by atoms with Crippen molar-refractivity contribution in [3.8, 4) is 0 Å². The molecule has 0 spiro atoms. The summed E-state index contributed by atoms with van der Waals surface area (Å²) in [5, 5.41) is 0.871. The molecule has 0 saturated carbocycles. The highest BCUT2D eigenvalue weighted by atomic mass is 79.9. The van der Waals surface area contributed by atoms with Gasteiger partial charge in [-0.3, -0.25) is 4.34 Å². The summed E-state index contributed by atoms with van der Waals surface area (Å²) >= 11 is 6.36. The summed E-state index contributed by atoms with van der Waals surface area (Å²) in [6.45, 7) is 4.76. The van der Waals surface area contributed by atoms with Gasteiger partial charge < -0.3 is 14.2 Å². The molecule has 0 aliphatic heterocycles. The van der Waals surface area contributed by atoms with Gasteiger partial charge in [0.05, 0.1) is 39.6 Å². The summed E-state index contributed by atoms with van der Waals surface area (Å²) in [6.07, 6.45) is 0. The number of halogens is 2. The Labute approximate surface area is 102 Å². The maximum Gasteiger partial charge on any atom is 0.0701 e. The van der Waals surface area contributed by atoms with E-state index in [0.29, 0.717) is 33.0 Å². The molecule has 0 atom stereocenters. The van der Waals surface area contributed by atoms with Crippen LogP contribution in [-0.4, -0.2) is 51.5 Å². The fourth-order valence-corrected chi connectivity index (χ4v) is 1.10. The Hall–Kier alpha value is 0.800. The minimum atomic E-state index is 0.625. The first-order valence-electron chi connectivity index (χ1n) is 4.54. The lowest BCUT2D eigenvalue weighted by molar-refractivity contribution is 0.0188. The molecule has 0 unspecified atom stereocenters. The van der Waals surface area contributed by atoms with Crippen LogP contribution in [0.2, 0.25) is 0 Å². The Bertz CT molecular complexity index is 96.6. The van der Waals surface area contributed by atoms with Gasteiger partial charge in [0.25, 0.3) is 0 Å². The smallest absolute Gasteiger partial charge is 0.0701 e. The molecule has 0 heterocycles. The van der Waals surface area contributed by atoms with Crippen molar-refractivity contribution in [3.63, 3.8) is 0 Å². The van der Waals surface area contributed by atoms with Crippen LogP contribution in [0.5, 0.6) is 0 Å². The number of nitrogens with one attached hydrogen (secondary N) is 1. The maximum absolute atomic E-state index is 5.26. The summed E-state index contributed by atoms with van der Waals surface area (Å²) < 4.78 is 18.5. The van der Waals surface area contributed by atoms with Crippen molar-refractivity contribution in [2.45, 2.75) is 0 Å². The molecule has 0 saturated heterocycles. The molecular formula is C8H17Br2NO3. The molecule has 14 heavy (non-hydrogen) atoms. The first-order valence-corrected chi connectivity index (χ1v) is 6.46. The van der Waals surface area contributed by atoms with Crippen molar-refractivity contribution in [2.75, 3.05) is 51.5 Å². The minimum absolute atomic E-state index is 0.625. The molecular weight excluding hydrogens is 318 g/mol. The Morgan fingerprint density at radius 1 is 0.786 bits per heavy atom. The van der Waals surface area contributed by atoms with Gasteiger partial charge >= 0.3 is 0 Å². The Morgan fingerprint density at radius 2 is 1.29 bits per heavy atom. The second-order valence-corrected chi connectivity index (χ2v) is 3.76. The number of hydrogen-bond acceptors (Lipinski definition) is 4. The summed E-state index contributed by atoms with van der Waals surface area (Å²) in [5.41, 5.74) is 0. The third-order valence-corrected chi connectivity index (χ3v) is 2.03. The van der Waals surface area contributed by atoms with Crippen LogP contribution in [0.25, 0.3) is 0 Å². The number of hydrogen-bond donors (Lipinski definition) is 1. The van der Waals surface area contributed by atoms with E-state index in [1.807, 2.05) is 0 Å². The molecule has 0 bridgehead atoms. The van der Waals surface area contributed by atoms with E-state index < -0.39 is 0 Å². The number of ether oxygens (including phenoxy) is 3. The highest BCUT2D eigenvalue weighted by molar-refractivity contribution is 9.09. The fourth-order valence-electron chi connectivity index (χ4n) is 0.707. The van der Waals surface area contributed by atoms with Crippen LogP contribution in [0.15, 0.2) is 0 Å². The molecule has 0 aliphatic rings. The average Bonchev–Trinajstić information content (AvgIpc) is 2.21. The van der Waals surface area contributed by atoms with Crippen LogP contribution < -0.4 is 4.34 Å². The van der Waals surface area contributed by atoms with E-state index >= 15 is 0 Å². The molecule has 0 rings (SSSR count). The van der Waals surface area contributed by atoms with Gasteiger partial charge in [0.2, 0.25) is 0 Å². The highest BCUT2D eigenvalue weighted by Crippen LogP contribution is 1.83. The normalized spacial score (nSPS) is 10.7. The van der Waals surface area contributed by atoms with Gasteiger partial charge in [-0.15, -0.1) is 0 Å². The predicted octanol–water partition coefficient (Wildman–Crippen LogP) is 1.33. The van der Waals surface area contributed by atoms with E-state index in [-0.39, 0.29) is 0 Å². The molecule has 0 amide bonds. The molecule has 6 heteroatoms. The number of alkyl halides is 1. The topological polar surface area (TPSA) is 39.7 Å². The van der Waals surface area contributed by atoms with Crippen molar-refractivity contribution < 1.29 is 14.2 Å². The molecule has 0 aromatic rings. The van der Waals surface area contributed by atoms with E-state index in [1.54, 1.807) is 0 Å². The fraction of sp³-hybridized carbons (Fsp3) is 1.00. The second kappa shape index (κ2) is 13.8. The number of rotatable bonds is 11. The van der Waals surface area contributed by atoms with E-state index in [4.69, 9.17) is 14.2 Å². The Kier molecular flexibility index (Phi) is 14.6. The summed E-state index contributed by atoms with van der Waals surface area (Å²) in [6, 6.07) is 0. The van der Waals surface area contributed by atoms with Gasteiger partial charge in [-0.25, -0.2) is 0 Å². The van der Waals surface area contributed by atoms with Crippen molar-refractivity contribution in [3.05, 3.63) is 0 Å². The van der Waals surface area contributed by atoms with Crippen molar-refractivity contribution >= 4 is 32.1 Å². The molecule has 4 nitrogen and oxygen atoms in total. The highest BCUT2D eigenvalue weighted by Gasteiger charge is 1.90. The zero-order chi connectivity index (χ0) is 10.5. The average molecular weight is 335 g/mol. The van der Waals surface area contributed by atoms with Gasteiger partial charge in [-0.1, -0.05) is 15.9 Å². The van der Waals surface area contributed by atoms with Crippen LogP contribution >= 0.6 is 32.1 Å². The standard InChI is InChI=1S/C8H17Br2NO3/c9-1-3-12-5-7-14-8-6-13-4-2-11-10/h11H,1-8H2. The summed E-state index contributed by atoms with van der Waals surface area (Å²) in [4.78, 5) is 0. The quantitative estimate of drug-likeness (QED) is 0.351. The van der Waals surface area contributed by atoms with Crippen molar-refractivity contribution in [1.29, 1.82) is 0 Å². The lowest BCUT2D eigenvalue weighted by atomic mass is 10.7. The van der Waals surface area contributed by atoms with Gasteiger partial charge in [0.1, 0.15) is 0 Å². The first-order chi connectivity index (χ1) is 6.91. The third-order valence-electron chi connectivity index (χ3n) is 1.31. The molecule has 0 radical (unpaired) electrons. The molecule has 86 valence electrons. The summed E-state index contributed by atoms with van der Waals surface area (Å²) in [5.74, 6) is 0. The van der Waals surface area contributed by atoms with Gasteiger partial charge in [-0.2, -0.15) is 0 Å². The molecule has 0 fully saturated rings. The lowest BCUT2D eigenvalue weighted by Gasteiger charge is -2.05. The zero-order valence-corrected chi connectivity index (χ0v) is 11.3. The van der Waals surface area contributed by atoms with E-state index in [1.165, 1.54) is 0 Å². The lowest BCUT2D eigenvalue weighted by Crippen LogP contribution is -2.14.